The van der Waals surface area contributed by atoms with Crippen LogP contribution in [0.25, 0.3) is 22.2 Å². The molecule has 1 atom stereocenters. The predicted molar refractivity (Wildman–Crippen MR) is 103 cm³/mol. The van der Waals surface area contributed by atoms with Crippen molar-refractivity contribution in [2.24, 2.45) is 7.05 Å². The average Bonchev–Trinajstić information content (AvgIpc) is 3.33. The monoisotopic (exact) mass is 371 g/mol. The number of hydrogen-bond acceptors (Lipinski definition) is 4. The molecule has 0 amide bonds. The van der Waals surface area contributed by atoms with Crippen molar-refractivity contribution in [2.75, 3.05) is 19.6 Å². The molecule has 1 aliphatic rings. The van der Waals surface area contributed by atoms with Crippen LogP contribution in [0.5, 0.6) is 0 Å². The van der Waals surface area contributed by atoms with Gasteiger partial charge in [-0.1, -0.05) is 12.1 Å². The Hall–Kier alpha value is -2.18. The van der Waals surface area contributed by atoms with Crippen molar-refractivity contribution in [3.63, 3.8) is 0 Å². The van der Waals surface area contributed by atoms with Crippen molar-refractivity contribution in [2.45, 2.75) is 39.2 Å². The van der Waals surface area contributed by atoms with Gasteiger partial charge in [-0.2, -0.15) is 0 Å². The molecule has 2 aromatic heterocycles. The lowest BCUT2D eigenvalue weighted by Crippen LogP contribution is -2.25. The van der Waals surface area contributed by atoms with Crippen LogP contribution in [0.2, 0.25) is 0 Å². The standard InChI is InChI=1S/C21H26FN3O2/c1-4-16-19(13(2)27-23-16)21-20(18(26)12-25-9-5-6-10-25)15-11-14(22)7-8-17(15)24(21)3/h7-8,11,18,26H,4-6,9-10,12H2,1-3H3. The summed E-state index contributed by atoms with van der Waals surface area (Å²) in [6.07, 6.45) is 2.34. The van der Waals surface area contributed by atoms with Gasteiger partial charge in [0.05, 0.1) is 23.1 Å². The molecule has 1 unspecified atom stereocenters. The summed E-state index contributed by atoms with van der Waals surface area (Å²) in [7, 11) is 1.95. The number of aromatic nitrogens is 2. The van der Waals surface area contributed by atoms with Crippen LogP contribution in [0.15, 0.2) is 22.7 Å². The Morgan fingerprint density at radius 3 is 2.74 bits per heavy atom. The van der Waals surface area contributed by atoms with Crippen LogP contribution < -0.4 is 0 Å². The van der Waals surface area contributed by atoms with Crippen LogP contribution in [-0.4, -0.2) is 39.4 Å². The largest absolute Gasteiger partial charge is 0.387 e. The van der Waals surface area contributed by atoms with E-state index in [1.165, 1.54) is 12.1 Å². The second-order valence-electron chi connectivity index (χ2n) is 7.42. The lowest BCUT2D eigenvalue weighted by atomic mass is 9.98. The summed E-state index contributed by atoms with van der Waals surface area (Å²) >= 11 is 0. The molecule has 1 aliphatic heterocycles. The van der Waals surface area contributed by atoms with Gasteiger partial charge >= 0.3 is 0 Å². The molecule has 1 saturated heterocycles. The first-order chi connectivity index (χ1) is 13.0. The van der Waals surface area contributed by atoms with E-state index in [-0.39, 0.29) is 5.82 Å². The van der Waals surface area contributed by atoms with Crippen molar-refractivity contribution in [1.29, 1.82) is 0 Å². The van der Waals surface area contributed by atoms with E-state index >= 15 is 0 Å². The molecule has 0 aliphatic carbocycles. The van der Waals surface area contributed by atoms with E-state index < -0.39 is 6.10 Å². The molecule has 0 spiro atoms. The topological polar surface area (TPSA) is 54.4 Å². The first kappa shape index (κ1) is 18.2. The molecular weight excluding hydrogens is 345 g/mol. The van der Waals surface area contributed by atoms with Crippen molar-refractivity contribution in [3.8, 4) is 11.3 Å². The van der Waals surface area contributed by atoms with Crippen molar-refractivity contribution in [1.82, 2.24) is 14.6 Å². The zero-order valence-electron chi connectivity index (χ0n) is 16.1. The van der Waals surface area contributed by atoms with Gasteiger partial charge in [-0.05, 0) is 57.5 Å². The quantitative estimate of drug-likeness (QED) is 0.737. The molecule has 1 fully saturated rings. The highest BCUT2D eigenvalue weighted by atomic mass is 19.1. The molecule has 4 rings (SSSR count). The Morgan fingerprint density at radius 1 is 1.30 bits per heavy atom. The molecule has 3 aromatic rings. The van der Waals surface area contributed by atoms with Crippen LogP contribution in [-0.2, 0) is 13.5 Å². The third kappa shape index (κ3) is 3.07. The Balaban J connectivity index is 1.93. The van der Waals surface area contributed by atoms with E-state index in [2.05, 4.69) is 10.1 Å². The van der Waals surface area contributed by atoms with Gasteiger partial charge in [-0.15, -0.1) is 0 Å². The molecule has 27 heavy (non-hydrogen) atoms. The number of aliphatic hydroxyl groups excluding tert-OH is 1. The second-order valence-corrected chi connectivity index (χ2v) is 7.42. The summed E-state index contributed by atoms with van der Waals surface area (Å²) in [5.41, 5.74) is 4.29. The number of rotatable bonds is 5. The minimum absolute atomic E-state index is 0.299. The molecule has 1 N–H and O–H groups in total. The number of likely N-dealkylation sites (tertiary alicyclic amines) is 1. The van der Waals surface area contributed by atoms with Gasteiger partial charge < -0.3 is 19.1 Å². The summed E-state index contributed by atoms with van der Waals surface area (Å²) in [6, 6.07) is 4.76. The molecule has 6 heteroatoms. The molecule has 1 aromatic carbocycles. The third-order valence-electron chi connectivity index (χ3n) is 5.67. The summed E-state index contributed by atoms with van der Waals surface area (Å²) < 4.78 is 21.5. The number of nitrogens with zero attached hydrogens (tertiary/aromatic N) is 3. The lowest BCUT2D eigenvalue weighted by Gasteiger charge is -2.21. The van der Waals surface area contributed by atoms with Gasteiger partial charge in [-0.3, -0.25) is 0 Å². The van der Waals surface area contributed by atoms with Gasteiger partial charge in [-0.25, -0.2) is 4.39 Å². The number of benzene rings is 1. The van der Waals surface area contributed by atoms with Crippen LogP contribution in [0.3, 0.4) is 0 Å². The lowest BCUT2D eigenvalue weighted by molar-refractivity contribution is 0.128. The summed E-state index contributed by atoms with van der Waals surface area (Å²) in [4.78, 5) is 2.27. The molecule has 0 saturated carbocycles. The van der Waals surface area contributed by atoms with E-state index in [4.69, 9.17) is 4.52 Å². The zero-order chi connectivity index (χ0) is 19.1. The van der Waals surface area contributed by atoms with E-state index in [0.29, 0.717) is 12.3 Å². The molecule has 0 radical (unpaired) electrons. The van der Waals surface area contributed by atoms with E-state index in [1.54, 1.807) is 6.07 Å². The van der Waals surface area contributed by atoms with Gasteiger partial charge in [0.15, 0.2) is 0 Å². The Bertz CT molecular complexity index is 970. The maximum atomic E-state index is 14.1. The predicted octanol–water partition coefficient (Wildman–Crippen LogP) is 3.97. The number of halogens is 1. The van der Waals surface area contributed by atoms with Crippen LogP contribution >= 0.6 is 0 Å². The fourth-order valence-corrected chi connectivity index (χ4v) is 4.35. The zero-order valence-corrected chi connectivity index (χ0v) is 16.1. The number of hydrogen-bond donors (Lipinski definition) is 1. The first-order valence-corrected chi connectivity index (χ1v) is 9.65. The van der Waals surface area contributed by atoms with Gasteiger partial charge in [0.2, 0.25) is 0 Å². The van der Waals surface area contributed by atoms with Gasteiger partial charge in [0, 0.05) is 30.1 Å². The molecular formula is C21H26FN3O2. The molecule has 5 nitrogen and oxygen atoms in total. The van der Waals surface area contributed by atoms with E-state index in [0.717, 1.165) is 65.8 Å². The van der Waals surface area contributed by atoms with Gasteiger partial charge in [0.25, 0.3) is 0 Å². The summed E-state index contributed by atoms with van der Waals surface area (Å²) in [5, 5.41) is 16.1. The normalized spacial score (nSPS) is 16.5. The molecule has 144 valence electrons. The summed E-state index contributed by atoms with van der Waals surface area (Å²) in [5.74, 6) is 0.417. The first-order valence-electron chi connectivity index (χ1n) is 9.65. The SMILES string of the molecule is CCc1noc(C)c1-c1c(C(O)CN2CCCC2)c2cc(F)ccc2n1C. The van der Waals surface area contributed by atoms with E-state index in [9.17, 15) is 9.50 Å². The number of β-amino-alcohol motifs (C(OH)–C–C–N with tert-alkyl or cyclic N) is 1. The van der Waals surface area contributed by atoms with E-state index in [1.807, 2.05) is 25.5 Å². The minimum Gasteiger partial charge on any atom is -0.387 e. The Morgan fingerprint density at radius 2 is 2.04 bits per heavy atom. The summed E-state index contributed by atoms with van der Waals surface area (Å²) in [6.45, 7) is 6.46. The number of aryl methyl sites for hydroxylation is 3. The molecule has 0 bridgehead atoms. The smallest absolute Gasteiger partial charge is 0.143 e. The maximum Gasteiger partial charge on any atom is 0.143 e. The van der Waals surface area contributed by atoms with Crippen molar-refractivity contribution < 1.29 is 14.0 Å². The van der Waals surface area contributed by atoms with Crippen LogP contribution in [0.4, 0.5) is 4.39 Å². The fraction of sp³-hybridized carbons (Fsp3) is 0.476. The average molecular weight is 371 g/mol. The van der Waals surface area contributed by atoms with Crippen LogP contribution in [0.1, 0.15) is 42.9 Å². The van der Waals surface area contributed by atoms with Gasteiger partial charge in [0.1, 0.15) is 11.6 Å². The van der Waals surface area contributed by atoms with Crippen molar-refractivity contribution >= 4 is 10.9 Å². The Kier molecular flexibility index (Phi) is 4.78. The third-order valence-corrected chi connectivity index (χ3v) is 5.67. The Labute approximate surface area is 158 Å². The second kappa shape index (κ2) is 7.09. The highest BCUT2D eigenvalue weighted by molar-refractivity contribution is 5.93. The van der Waals surface area contributed by atoms with Crippen molar-refractivity contribution in [3.05, 3.63) is 41.0 Å². The highest BCUT2D eigenvalue weighted by Crippen LogP contribution is 2.40. The fourth-order valence-electron chi connectivity index (χ4n) is 4.35. The maximum absolute atomic E-state index is 14.1. The number of aliphatic hydroxyl groups is 1. The highest BCUT2D eigenvalue weighted by Gasteiger charge is 2.28. The van der Waals surface area contributed by atoms with Crippen LogP contribution in [0, 0.1) is 12.7 Å². The minimum atomic E-state index is -0.706. The molecule has 3 heterocycles. The number of fused-ring (bicyclic) bond motifs is 1.